The highest BCUT2D eigenvalue weighted by Gasteiger charge is 2.17. The molecule has 0 aromatic carbocycles. The summed E-state index contributed by atoms with van der Waals surface area (Å²) in [6.45, 7) is 5.34. The van der Waals surface area contributed by atoms with E-state index in [1.807, 2.05) is 0 Å². The number of carboxylic acids is 1. The summed E-state index contributed by atoms with van der Waals surface area (Å²) < 4.78 is 5.10. The van der Waals surface area contributed by atoms with Crippen LogP contribution >= 0.6 is 23.1 Å². The number of hydrogen-bond donors (Lipinski definition) is 2. The van der Waals surface area contributed by atoms with Gasteiger partial charge >= 0.3 is 12.1 Å². The molecule has 0 aliphatic heterocycles. The summed E-state index contributed by atoms with van der Waals surface area (Å²) in [5.74, 6) is -0.321. The van der Waals surface area contributed by atoms with Gasteiger partial charge in [0.05, 0.1) is 11.4 Å². The Balaban J connectivity index is 2.42. The number of anilines is 1. The van der Waals surface area contributed by atoms with Gasteiger partial charge in [-0.15, -0.1) is 23.1 Å². The molecule has 0 aliphatic carbocycles. The van der Waals surface area contributed by atoms with Crippen LogP contribution in [0.15, 0.2) is 5.38 Å². The summed E-state index contributed by atoms with van der Waals surface area (Å²) in [4.78, 5) is 26.0. The standard InChI is InChI=1S/C11H16N2O4S2/c1-11(2,3)17-10(16)13-9-12-7(5-19-9)4-18-6-8(14)15/h5H,4,6H2,1-3H3,(H,14,15)(H,12,13,16). The number of nitrogens with one attached hydrogen (secondary N) is 1. The highest BCUT2D eigenvalue weighted by atomic mass is 32.2. The van der Waals surface area contributed by atoms with Crippen LogP contribution in [0.2, 0.25) is 0 Å². The topological polar surface area (TPSA) is 88.5 Å². The molecule has 1 aromatic rings. The molecular weight excluding hydrogens is 288 g/mol. The smallest absolute Gasteiger partial charge is 0.413 e. The first-order chi connectivity index (χ1) is 8.76. The average Bonchev–Trinajstić information content (AvgIpc) is 2.61. The van der Waals surface area contributed by atoms with Crippen LogP contribution in [0.4, 0.5) is 9.93 Å². The second kappa shape index (κ2) is 6.76. The highest BCUT2D eigenvalue weighted by Crippen LogP contribution is 2.20. The number of carbonyl (C=O) groups is 2. The van der Waals surface area contributed by atoms with Crippen LogP contribution in [0.1, 0.15) is 26.5 Å². The molecule has 0 unspecified atom stereocenters. The molecule has 0 saturated heterocycles. The van der Waals surface area contributed by atoms with Crippen molar-refractivity contribution < 1.29 is 19.4 Å². The van der Waals surface area contributed by atoms with E-state index in [0.29, 0.717) is 10.9 Å². The number of aliphatic carboxylic acids is 1. The highest BCUT2D eigenvalue weighted by molar-refractivity contribution is 7.99. The van der Waals surface area contributed by atoms with Crippen molar-refractivity contribution in [3.8, 4) is 0 Å². The normalized spacial score (nSPS) is 11.1. The van der Waals surface area contributed by atoms with Gasteiger partial charge in [-0.2, -0.15) is 0 Å². The van der Waals surface area contributed by atoms with Gasteiger partial charge < -0.3 is 9.84 Å². The number of thioether (sulfide) groups is 1. The number of thiazole rings is 1. The first kappa shape index (κ1) is 15.8. The monoisotopic (exact) mass is 304 g/mol. The first-order valence-corrected chi connectivity index (χ1v) is 7.53. The van der Waals surface area contributed by atoms with Crippen molar-refractivity contribution in [2.75, 3.05) is 11.1 Å². The molecule has 0 fully saturated rings. The van der Waals surface area contributed by atoms with Crippen molar-refractivity contribution in [1.82, 2.24) is 4.98 Å². The summed E-state index contributed by atoms with van der Waals surface area (Å²) >= 11 is 2.54. The minimum Gasteiger partial charge on any atom is -0.481 e. The fourth-order valence-corrected chi connectivity index (χ4v) is 2.50. The van der Waals surface area contributed by atoms with E-state index in [4.69, 9.17) is 9.84 Å². The molecule has 0 radical (unpaired) electrons. The number of rotatable bonds is 5. The summed E-state index contributed by atoms with van der Waals surface area (Å²) in [5.41, 5.74) is 0.184. The lowest BCUT2D eigenvalue weighted by atomic mass is 10.2. The van der Waals surface area contributed by atoms with Crippen molar-refractivity contribution in [3.63, 3.8) is 0 Å². The number of carbonyl (C=O) groups excluding carboxylic acids is 1. The van der Waals surface area contributed by atoms with E-state index in [0.717, 1.165) is 5.69 Å². The quantitative estimate of drug-likeness (QED) is 0.869. The molecular formula is C11H16N2O4S2. The van der Waals surface area contributed by atoms with Gasteiger partial charge in [0.2, 0.25) is 0 Å². The number of nitrogens with zero attached hydrogens (tertiary/aromatic N) is 1. The zero-order valence-electron chi connectivity index (χ0n) is 10.9. The van der Waals surface area contributed by atoms with Crippen molar-refractivity contribution in [1.29, 1.82) is 0 Å². The Bertz CT molecular complexity index is 454. The fraction of sp³-hybridized carbons (Fsp3) is 0.545. The van der Waals surface area contributed by atoms with Crippen molar-refractivity contribution in [2.24, 2.45) is 0 Å². The van der Waals surface area contributed by atoms with Gasteiger partial charge in [-0.1, -0.05) is 0 Å². The van der Waals surface area contributed by atoms with Crippen LogP contribution in [0.3, 0.4) is 0 Å². The predicted octanol–water partition coefficient (Wildman–Crippen LogP) is 2.81. The summed E-state index contributed by atoms with van der Waals surface area (Å²) in [5, 5.41) is 13.3. The maximum atomic E-state index is 11.5. The van der Waals surface area contributed by atoms with E-state index in [2.05, 4.69) is 10.3 Å². The van der Waals surface area contributed by atoms with E-state index in [9.17, 15) is 9.59 Å². The zero-order valence-corrected chi connectivity index (χ0v) is 12.6. The molecule has 106 valence electrons. The van der Waals surface area contributed by atoms with Crippen LogP contribution in [-0.2, 0) is 15.3 Å². The van der Waals surface area contributed by atoms with Crippen molar-refractivity contribution in [2.45, 2.75) is 32.1 Å². The maximum absolute atomic E-state index is 11.5. The number of amides is 1. The molecule has 0 spiro atoms. The fourth-order valence-electron chi connectivity index (χ4n) is 1.06. The first-order valence-electron chi connectivity index (χ1n) is 5.50. The Kier molecular flexibility index (Phi) is 5.61. The molecule has 0 aliphatic rings. The van der Waals surface area contributed by atoms with E-state index < -0.39 is 17.7 Å². The third kappa shape index (κ3) is 7.02. The van der Waals surface area contributed by atoms with Gasteiger partial charge in [-0.25, -0.2) is 9.78 Å². The molecule has 1 aromatic heterocycles. The lowest BCUT2D eigenvalue weighted by Gasteiger charge is -2.18. The Morgan fingerprint density at radius 3 is 2.79 bits per heavy atom. The molecule has 0 saturated carbocycles. The van der Waals surface area contributed by atoms with Gasteiger partial charge in [0.15, 0.2) is 5.13 Å². The van der Waals surface area contributed by atoms with Crippen molar-refractivity contribution >= 4 is 40.3 Å². The van der Waals surface area contributed by atoms with Gasteiger partial charge in [-0.05, 0) is 20.8 Å². The zero-order chi connectivity index (χ0) is 14.5. The van der Waals surface area contributed by atoms with Crippen LogP contribution in [-0.4, -0.2) is 33.5 Å². The summed E-state index contributed by atoms with van der Waals surface area (Å²) in [6.07, 6.45) is -0.549. The molecule has 1 heterocycles. The Morgan fingerprint density at radius 2 is 2.21 bits per heavy atom. The van der Waals surface area contributed by atoms with Crippen LogP contribution < -0.4 is 5.32 Å². The second-order valence-electron chi connectivity index (χ2n) is 4.66. The number of ether oxygens (including phenoxy) is 1. The maximum Gasteiger partial charge on any atom is 0.413 e. The average molecular weight is 304 g/mol. The number of aromatic nitrogens is 1. The van der Waals surface area contributed by atoms with E-state index in [1.165, 1.54) is 23.1 Å². The second-order valence-corrected chi connectivity index (χ2v) is 6.50. The predicted molar refractivity (Wildman–Crippen MR) is 75.8 cm³/mol. The Hall–Kier alpha value is -1.28. The molecule has 1 amide bonds. The van der Waals surface area contributed by atoms with Gasteiger partial charge in [-0.3, -0.25) is 10.1 Å². The Labute approximate surface area is 119 Å². The molecule has 19 heavy (non-hydrogen) atoms. The lowest BCUT2D eigenvalue weighted by molar-refractivity contribution is -0.133. The lowest BCUT2D eigenvalue weighted by Crippen LogP contribution is -2.27. The minimum absolute atomic E-state index is 0.0341. The van der Waals surface area contributed by atoms with Crippen molar-refractivity contribution in [3.05, 3.63) is 11.1 Å². The van der Waals surface area contributed by atoms with E-state index >= 15 is 0 Å². The minimum atomic E-state index is -0.854. The third-order valence-corrected chi connectivity index (χ3v) is 3.39. The number of carboxylic acid groups (broad SMARTS) is 1. The van der Waals surface area contributed by atoms with Gasteiger partial charge in [0.1, 0.15) is 5.60 Å². The third-order valence-electron chi connectivity index (χ3n) is 1.64. The van der Waals surface area contributed by atoms with Gasteiger partial charge in [0.25, 0.3) is 0 Å². The molecule has 6 nitrogen and oxygen atoms in total. The van der Waals surface area contributed by atoms with Gasteiger partial charge in [0, 0.05) is 11.1 Å². The SMILES string of the molecule is CC(C)(C)OC(=O)Nc1nc(CSCC(=O)O)cs1. The number of hydrogen-bond acceptors (Lipinski definition) is 6. The van der Waals surface area contributed by atoms with Crippen LogP contribution in [0, 0.1) is 0 Å². The Morgan fingerprint density at radius 1 is 1.53 bits per heavy atom. The van der Waals surface area contributed by atoms with Crippen LogP contribution in [0.5, 0.6) is 0 Å². The molecule has 2 N–H and O–H groups in total. The molecule has 0 atom stereocenters. The largest absolute Gasteiger partial charge is 0.481 e. The van der Waals surface area contributed by atoms with E-state index in [-0.39, 0.29) is 5.75 Å². The molecule has 8 heteroatoms. The van der Waals surface area contributed by atoms with E-state index in [1.54, 1.807) is 26.2 Å². The molecule has 0 bridgehead atoms. The molecule has 1 rings (SSSR count). The summed E-state index contributed by atoms with van der Waals surface area (Å²) in [6, 6.07) is 0. The van der Waals surface area contributed by atoms with Crippen LogP contribution in [0.25, 0.3) is 0 Å². The summed E-state index contributed by atoms with van der Waals surface area (Å²) in [7, 11) is 0.